The van der Waals surface area contributed by atoms with Crippen molar-refractivity contribution in [2.75, 3.05) is 13.2 Å². The number of hydrogen-bond acceptors (Lipinski definition) is 8. The van der Waals surface area contributed by atoms with E-state index in [2.05, 4.69) is 43.5 Å². The number of aliphatic hydroxyl groups excluding tert-OH is 5. The summed E-state index contributed by atoms with van der Waals surface area (Å²) >= 11 is 0. The van der Waals surface area contributed by atoms with Crippen LogP contribution in [0.4, 0.5) is 0 Å². The molecule has 1 aliphatic heterocycles. The molecule has 0 aromatic carbocycles. The summed E-state index contributed by atoms with van der Waals surface area (Å²) in [5, 5.41) is 54.6. The Morgan fingerprint density at radius 1 is 0.458 bits per heavy atom. The van der Waals surface area contributed by atoms with Crippen LogP contribution >= 0.6 is 0 Å². The fraction of sp³-hybridized carbons (Fsp3) is 0.889. The van der Waals surface area contributed by atoms with E-state index in [9.17, 15) is 30.3 Å². The molecule has 72 heavy (non-hydrogen) atoms. The van der Waals surface area contributed by atoms with Gasteiger partial charge in [-0.3, -0.25) is 4.79 Å². The summed E-state index contributed by atoms with van der Waals surface area (Å²) in [6, 6.07) is -0.824. The van der Waals surface area contributed by atoms with Crippen molar-refractivity contribution in [2.24, 2.45) is 0 Å². The second-order valence-corrected chi connectivity index (χ2v) is 21.8. The quantitative estimate of drug-likeness (QED) is 0.0261. The largest absolute Gasteiger partial charge is 0.394 e. The minimum Gasteiger partial charge on any atom is -0.394 e. The monoisotopic (exact) mass is 1020 g/mol. The molecule has 0 spiro atoms. The molecular formula is C63H119NO8. The highest BCUT2D eigenvalue weighted by Gasteiger charge is 2.44. The summed E-state index contributed by atoms with van der Waals surface area (Å²) in [5.41, 5.74) is 0. The van der Waals surface area contributed by atoms with Crippen molar-refractivity contribution in [1.29, 1.82) is 0 Å². The molecule has 1 rings (SSSR count). The fourth-order valence-corrected chi connectivity index (χ4v) is 9.99. The molecule has 6 N–H and O–H groups in total. The van der Waals surface area contributed by atoms with Crippen molar-refractivity contribution in [3.05, 3.63) is 36.5 Å². The van der Waals surface area contributed by atoms with Crippen LogP contribution in [0.3, 0.4) is 0 Å². The van der Waals surface area contributed by atoms with Crippen molar-refractivity contribution >= 4 is 5.91 Å². The number of amides is 1. The number of unbranched alkanes of at least 4 members (excludes halogenated alkanes) is 40. The number of allylic oxidation sites excluding steroid dienone is 5. The molecule has 9 nitrogen and oxygen atoms in total. The highest BCUT2D eigenvalue weighted by molar-refractivity contribution is 5.76. The van der Waals surface area contributed by atoms with Crippen molar-refractivity contribution in [3.8, 4) is 0 Å². The van der Waals surface area contributed by atoms with Gasteiger partial charge < -0.3 is 40.3 Å². The Hall–Kier alpha value is -1.59. The molecule has 7 atom stereocenters. The smallest absolute Gasteiger partial charge is 0.220 e. The molecule has 0 saturated carbocycles. The summed E-state index contributed by atoms with van der Waals surface area (Å²) in [6.07, 6.45) is 62.3. The summed E-state index contributed by atoms with van der Waals surface area (Å²) in [4.78, 5) is 13.1. The molecule has 1 aliphatic rings. The Morgan fingerprint density at radius 2 is 0.792 bits per heavy atom. The van der Waals surface area contributed by atoms with E-state index in [1.54, 1.807) is 6.08 Å². The Kier molecular flexibility index (Phi) is 50.2. The van der Waals surface area contributed by atoms with Crippen LogP contribution in [0.15, 0.2) is 36.5 Å². The molecule has 7 unspecified atom stereocenters. The molecule has 1 heterocycles. The minimum absolute atomic E-state index is 0.186. The Labute approximate surface area is 444 Å². The number of rotatable bonds is 54. The van der Waals surface area contributed by atoms with E-state index < -0.39 is 49.5 Å². The van der Waals surface area contributed by atoms with E-state index in [1.165, 1.54) is 244 Å². The van der Waals surface area contributed by atoms with E-state index >= 15 is 0 Å². The van der Waals surface area contributed by atoms with E-state index in [0.717, 1.165) is 38.5 Å². The van der Waals surface area contributed by atoms with Gasteiger partial charge in [-0.05, 0) is 57.8 Å². The lowest BCUT2D eigenvalue weighted by Gasteiger charge is -2.40. The summed E-state index contributed by atoms with van der Waals surface area (Å²) in [6.45, 7) is 3.80. The number of nitrogens with one attached hydrogen (secondary N) is 1. The maximum Gasteiger partial charge on any atom is 0.220 e. The average Bonchev–Trinajstić information content (AvgIpc) is 3.38. The number of aliphatic hydroxyl groups is 5. The lowest BCUT2D eigenvalue weighted by molar-refractivity contribution is -0.302. The van der Waals surface area contributed by atoms with Gasteiger partial charge in [0.05, 0.1) is 25.4 Å². The number of hydrogen-bond donors (Lipinski definition) is 6. The Morgan fingerprint density at radius 3 is 1.17 bits per heavy atom. The highest BCUT2D eigenvalue weighted by Crippen LogP contribution is 2.23. The second-order valence-electron chi connectivity index (χ2n) is 21.8. The van der Waals surface area contributed by atoms with Gasteiger partial charge in [0.2, 0.25) is 5.91 Å². The Bertz CT molecular complexity index is 1230. The maximum atomic E-state index is 13.1. The molecular weight excluding hydrogens is 899 g/mol. The summed E-state index contributed by atoms with van der Waals surface area (Å²) < 4.78 is 11.3. The summed E-state index contributed by atoms with van der Waals surface area (Å²) in [7, 11) is 0. The normalized spacial score (nSPS) is 19.3. The molecule has 0 aromatic heterocycles. The number of ether oxygens (including phenoxy) is 2. The van der Waals surface area contributed by atoms with Gasteiger partial charge in [-0.2, -0.15) is 0 Å². The fourth-order valence-electron chi connectivity index (χ4n) is 9.99. The zero-order chi connectivity index (χ0) is 52.2. The van der Waals surface area contributed by atoms with Crippen LogP contribution in [-0.4, -0.2) is 87.5 Å². The average molecular weight is 1020 g/mol. The van der Waals surface area contributed by atoms with Crippen LogP contribution in [0.1, 0.15) is 303 Å². The number of carbonyl (C=O) groups is 1. The zero-order valence-electron chi connectivity index (χ0n) is 47.2. The molecule has 424 valence electrons. The van der Waals surface area contributed by atoms with E-state index in [0.29, 0.717) is 6.42 Å². The molecule has 1 fully saturated rings. The first-order valence-corrected chi connectivity index (χ1v) is 31.2. The predicted molar refractivity (Wildman–Crippen MR) is 304 cm³/mol. The molecule has 1 amide bonds. The van der Waals surface area contributed by atoms with Gasteiger partial charge in [0.25, 0.3) is 0 Å². The van der Waals surface area contributed by atoms with E-state index in [4.69, 9.17) is 9.47 Å². The number of carbonyl (C=O) groups excluding carboxylic acids is 1. The van der Waals surface area contributed by atoms with Crippen LogP contribution in [0.2, 0.25) is 0 Å². The second kappa shape index (κ2) is 52.8. The van der Waals surface area contributed by atoms with Gasteiger partial charge in [-0.1, -0.05) is 275 Å². The van der Waals surface area contributed by atoms with Gasteiger partial charge in [0, 0.05) is 6.42 Å². The van der Waals surface area contributed by atoms with Crippen LogP contribution in [0.5, 0.6) is 0 Å². The predicted octanol–water partition coefficient (Wildman–Crippen LogP) is 15.9. The third-order valence-electron chi connectivity index (χ3n) is 14.9. The third kappa shape index (κ3) is 41.6. The third-order valence-corrected chi connectivity index (χ3v) is 14.9. The Balaban J connectivity index is 2.22. The van der Waals surface area contributed by atoms with Gasteiger partial charge in [-0.25, -0.2) is 0 Å². The van der Waals surface area contributed by atoms with Crippen molar-refractivity contribution in [3.63, 3.8) is 0 Å². The summed E-state index contributed by atoms with van der Waals surface area (Å²) in [5.74, 6) is -0.186. The molecule has 0 radical (unpaired) electrons. The SMILES string of the molecule is CCCCCCCCCCCCCC/C=C\CCCCCCCCCCC(=O)NC(COC1OC(CO)C(O)C(O)C1O)C(O)/C=C/CC/C=C/CCCCCCCCCCCCCCCCCCCCC. The molecule has 1 saturated heterocycles. The van der Waals surface area contributed by atoms with Gasteiger partial charge in [0.1, 0.15) is 24.4 Å². The first-order chi connectivity index (χ1) is 35.3. The topological polar surface area (TPSA) is 149 Å². The lowest BCUT2D eigenvalue weighted by atomic mass is 9.99. The standard InChI is InChI=1S/C63H119NO8/c1-3-5-7-9-11-13-15-17-19-21-23-25-27-29-30-32-34-36-38-40-42-44-46-48-50-52-57(66)56(55-71-63-62(70)61(69)60(68)58(54-65)72-63)64-59(67)53-51-49-47-45-43-41-39-37-35-33-31-28-26-24-22-20-18-16-14-12-10-8-6-4-2/h31,33,42,44,50,52,56-58,60-63,65-66,68-70H,3-30,32,34-41,43,45-49,51,53-55H2,1-2H3,(H,64,67)/b33-31-,44-42+,52-50+. The molecule has 9 heteroatoms. The molecule has 0 aliphatic carbocycles. The lowest BCUT2D eigenvalue weighted by Crippen LogP contribution is -2.60. The van der Waals surface area contributed by atoms with Gasteiger partial charge in [0.15, 0.2) is 6.29 Å². The van der Waals surface area contributed by atoms with Gasteiger partial charge in [-0.15, -0.1) is 0 Å². The maximum absolute atomic E-state index is 13.1. The van der Waals surface area contributed by atoms with Crippen LogP contribution in [-0.2, 0) is 14.3 Å². The van der Waals surface area contributed by atoms with Crippen molar-refractivity contribution < 1.29 is 39.8 Å². The minimum atomic E-state index is -1.57. The van der Waals surface area contributed by atoms with E-state index in [-0.39, 0.29) is 12.5 Å². The molecule has 0 aromatic rings. The zero-order valence-corrected chi connectivity index (χ0v) is 47.2. The van der Waals surface area contributed by atoms with E-state index in [1.807, 2.05) is 6.08 Å². The highest BCUT2D eigenvalue weighted by atomic mass is 16.7. The van der Waals surface area contributed by atoms with Crippen LogP contribution in [0.25, 0.3) is 0 Å². The van der Waals surface area contributed by atoms with Crippen molar-refractivity contribution in [2.45, 2.75) is 346 Å². The first-order valence-electron chi connectivity index (χ1n) is 31.2. The van der Waals surface area contributed by atoms with Crippen molar-refractivity contribution in [1.82, 2.24) is 5.32 Å². The van der Waals surface area contributed by atoms with Gasteiger partial charge >= 0.3 is 0 Å². The first kappa shape index (κ1) is 68.4. The molecule has 0 bridgehead atoms. The van der Waals surface area contributed by atoms with Crippen LogP contribution < -0.4 is 5.32 Å². The van der Waals surface area contributed by atoms with Crippen LogP contribution in [0, 0.1) is 0 Å².